The molecule has 4 rings (SSSR count). The number of anilines is 1. The van der Waals surface area contributed by atoms with Gasteiger partial charge in [0.1, 0.15) is 17.9 Å². The highest BCUT2D eigenvalue weighted by molar-refractivity contribution is 6.33. The number of nitrogens with zero attached hydrogens (tertiary/aromatic N) is 5. The number of amides is 1. The van der Waals surface area contributed by atoms with Gasteiger partial charge in [-0.2, -0.15) is 13.2 Å². The summed E-state index contributed by atoms with van der Waals surface area (Å²) in [6.45, 7) is 2.92. The van der Waals surface area contributed by atoms with E-state index < -0.39 is 18.5 Å². The van der Waals surface area contributed by atoms with Crippen molar-refractivity contribution in [1.82, 2.24) is 19.9 Å². The molecule has 1 aromatic carbocycles. The SMILES string of the molecule is Cc1cc(Cl)ccc1-c1ncc(N2CCN(C(=O)CC(F)(F)F)CC2)nc1-c1ccncc1Cl. The van der Waals surface area contributed by atoms with Crippen LogP contribution in [-0.4, -0.2) is 58.1 Å². The normalized spacial score (nSPS) is 14.4. The third kappa shape index (κ3) is 5.42. The van der Waals surface area contributed by atoms with E-state index in [1.807, 2.05) is 24.0 Å². The van der Waals surface area contributed by atoms with Crippen molar-refractivity contribution in [2.45, 2.75) is 19.5 Å². The summed E-state index contributed by atoms with van der Waals surface area (Å²) >= 11 is 12.5. The Balaban J connectivity index is 1.65. The maximum Gasteiger partial charge on any atom is 0.397 e. The van der Waals surface area contributed by atoms with Gasteiger partial charge < -0.3 is 9.80 Å². The Labute approximate surface area is 204 Å². The van der Waals surface area contributed by atoms with Crippen LogP contribution in [0.5, 0.6) is 0 Å². The molecule has 0 atom stereocenters. The fraction of sp³-hybridized carbons (Fsp3) is 0.304. The molecule has 178 valence electrons. The van der Waals surface area contributed by atoms with Crippen molar-refractivity contribution in [1.29, 1.82) is 0 Å². The fourth-order valence-electron chi connectivity index (χ4n) is 3.85. The van der Waals surface area contributed by atoms with Gasteiger partial charge in [0.25, 0.3) is 0 Å². The first kappa shape index (κ1) is 24.2. The zero-order valence-corrected chi connectivity index (χ0v) is 19.6. The van der Waals surface area contributed by atoms with E-state index in [1.165, 1.54) is 11.1 Å². The Morgan fingerprint density at radius 3 is 2.41 bits per heavy atom. The molecule has 0 bridgehead atoms. The molecule has 3 heterocycles. The van der Waals surface area contributed by atoms with Crippen LogP contribution in [0.15, 0.2) is 42.9 Å². The molecule has 0 saturated carbocycles. The second kappa shape index (κ2) is 9.76. The standard InChI is InChI=1S/C23H20Cl2F3N5O/c1-14-10-15(24)2-3-16(14)21-22(17-4-5-29-12-18(17)25)31-19(13-30-21)32-6-8-33(9-7-32)20(34)11-23(26,27)28/h2-5,10,12-13H,6-9,11H2,1H3. The number of aryl methyl sites for hydroxylation is 1. The summed E-state index contributed by atoms with van der Waals surface area (Å²) < 4.78 is 37.7. The summed E-state index contributed by atoms with van der Waals surface area (Å²) in [6.07, 6.45) is -1.22. The number of alkyl halides is 3. The van der Waals surface area contributed by atoms with E-state index in [-0.39, 0.29) is 13.1 Å². The van der Waals surface area contributed by atoms with E-state index in [4.69, 9.17) is 28.2 Å². The summed E-state index contributed by atoms with van der Waals surface area (Å²) in [6, 6.07) is 7.22. The van der Waals surface area contributed by atoms with Gasteiger partial charge in [0, 0.05) is 54.7 Å². The van der Waals surface area contributed by atoms with E-state index in [9.17, 15) is 18.0 Å². The second-order valence-electron chi connectivity index (χ2n) is 7.90. The number of hydrogen-bond acceptors (Lipinski definition) is 5. The van der Waals surface area contributed by atoms with Crippen molar-refractivity contribution in [3.63, 3.8) is 0 Å². The molecule has 1 fully saturated rings. The zero-order chi connectivity index (χ0) is 24.5. The smallest absolute Gasteiger partial charge is 0.352 e. The predicted octanol–water partition coefficient (Wildman–Crippen LogP) is 5.42. The summed E-state index contributed by atoms with van der Waals surface area (Å²) in [7, 11) is 0. The first-order chi connectivity index (χ1) is 16.1. The number of halogens is 5. The van der Waals surface area contributed by atoms with E-state index in [2.05, 4.69) is 9.97 Å². The van der Waals surface area contributed by atoms with Crippen LogP contribution in [0.3, 0.4) is 0 Å². The number of aromatic nitrogens is 3. The monoisotopic (exact) mass is 509 g/mol. The topological polar surface area (TPSA) is 62.2 Å². The van der Waals surface area contributed by atoms with Crippen LogP contribution in [-0.2, 0) is 4.79 Å². The molecule has 1 saturated heterocycles. The lowest BCUT2D eigenvalue weighted by atomic mass is 10.0. The highest BCUT2D eigenvalue weighted by Crippen LogP contribution is 2.36. The van der Waals surface area contributed by atoms with Crippen LogP contribution in [0.2, 0.25) is 10.0 Å². The summed E-state index contributed by atoms with van der Waals surface area (Å²) in [5.41, 5.74) is 3.57. The Bertz CT molecular complexity index is 1210. The van der Waals surface area contributed by atoms with E-state index >= 15 is 0 Å². The van der Waals surface area contributed by atoms with Gasteiger partial charge in [-0.3, -0.25) is 14.8 Å². The number of carbonyl (C=O) groups excluding carboxylic acids is 1. The number of piperazine rings is 1. The predicted molar refractivity (Wildman–Crippen MR) is 125 cm³/mol. The van der Waals surface area contributed by atoms with E-state index in [0.717, 1.165) is 11.1 Å². The average molecular weight is 510 g/mol. The molecule has 0 spiro atoms. The van der Waals surface area contributed by atoms with Crippen LogP contribution in [0, 0.1) is 6.92 Å². The van der Waals surface area contributed by atoms with Gasteiger partial charge in [-0.05, 0) is 30.7 Å². The van der Waals surface area contributed by atoms with Crippen LogP contribution in [0.4, 0.5) is 19.0 Å². The van der Waals surface area contributed by atoms with Crippen molar-refractivity contribution in [2.75, 3.05) is 31.1 Å². The van der Waals surface area contributed by atoms with Crippen molar-refractivity contribution in [3.8, 4) is 22.5 Å². The lowest BCUT2D eigenvalue weighted by molar-refractivity contribution is -0.161. The van der Waals surface area contributed by atoms with Crippen LogP contribution in [0.1, 0.15) is 12.0 Å². The molecule has 34 heavy (non-hydrogen) atoms. The van der Waals surface area contributed by atoms with Crippen molar-refractivity contribution in [2.24, 2.45) is 0 Å². The Morgan fingerprint density at radius 2 is 1.76 bits per heavy atom. The number of benzene rings is 1. The van der Waals surface area contributed by atoms with Gasteiger partial charge in [0.15, 0.2) is 0 Å². The number of carbonyl (C=O) groups is 1. The molecule has 1 aliphatic rings. The number of rotatable bonds is 4. The molecule has 11 heteroatoms. The third-order valence-electron chi connectivity index (χ3n) is 5.54. The molecule has 0 radical (unpaired) electrons. The zero-order valence-electron chi connectivity index (χ0n) is 18.1. The minimum absolute atomic E-state index is 0.167. The lowest BCUT2D eigenvalue weighted by Crippen LogP contribution is -2.49. The summed E-state index contributed by atoms with van der Waals surface area (Å²) in [5.74, 6) is -0.378. The molecule has 2 aromatic heterocycles. The minimum Gasteiger partial charge on any atom is -0.352 e. The third-order valence-corrected chi connectivity index (χ3v) is 6.08. The Hall–Kier alpha value is -2.91. The Morgan fingerprint density at radius 1 is 1.03 bits per heavy atom. The molecule has 1 aliphatic heterocycles. The molecule has 0 unspecified atom stereocenters. The molecule has 0 aliphatic carbocycles. The van der Waals surface area contributed by atoms with E-state index in [0.29, 0.717) is 45.9 Å². The number of pyridine rings is 1. The summed E-state index contributed by atoms with van der Waals surface area (Å²) in [5, 5.41) is 1.01. The van der Waals surface area contributed by atoms with E-state index in [1.54, 1.807) is 24.5 Å². The second-order valence-corrected chi connectivity index (χ2v) is 8.74. The Kier molecular flexibility index (Phi) is 6.95. The van der Waals surface area contributed by atoms with Gasteiger partial charge in [-0.15, -0.1) is 0 Å². The molecule has 3 aromatic rings. The van der Waals surface area contributed by atoms with Crippen LogP contribution in [0.25, 0.3) is 22.5 Å². The van der Waals surface area contributed by atoms with Crippen molar-refractivity contribution in [3.05, 3.63) is 58.5 Å². The maximum atomic E-state index is 12.6. The molecule has 1 amide bonds. The van der Waals surface area contributed by atoms with Crippen molar-refractivity contribution >= 4 is 34.9 Å². The molecular weight excluding hydrogens is 490 g/mol. The van der Waals surface area contributed by atoms with Gasteiger partial charge >= 0.3 is 6.18 Å². The van der Waals surface area contributed by atoms with Gasteiger partial charge in [0.2, 0.25) is 5.91 Å². The van der Waals surface area contributed by atoms with Crippen LogP contribution >= 0.6 is 23.2 Å². The first-order valence-corrected chi connectivity index (χ1v) is 11.2. The number of hydrogen-bond donors (Lipinski definition) is 0. The minimum atomic E-state index is -4.52. The quantitative estimate of drug-likeness (QED) is 0.469. The highest BCUT2D eigenvalue weighted by Gasteiger charge is 2.34. The fourth-order valence-corrected chi connectivity index (χ4v) is 4.28. The summed E-state index contributed by atoms with van der Waals surface area (Å²) in [4.78, 5) is 28.6. The largest absolute Gasteiger partial charge is 0.397 e. The first-order valence-electron chi connectivity index (χ1n) is 10.5. The molecule has 6 nitrogen and oxygen atoms in total. The maximum absolute atomic E-state index is 12.6. The molecular formula is C23H20Cl2F3N5O. The lowest BCUT2D eigenvalue weighted by Gasteiger charge is -2.35. The van der Waals surface area contributed by atoms with Gasteiger partial charge in [-0.1, -0.05) is 29.3 Å². The van der Waals surface area contributed by atoms with Gasteiger partial charge in [0.05, 0.1) is 16.9 Å². The van der Waals surface area contributed by atoms with Gasteiger partial charge in [-0.25, -0.2) is 4.98 Å². The van der Waals surface area contributed by atoms with Crippen molar-refractivity contribution < 1.29 is 18.0 Å². The highest BCUT2D eigenvalue weighted by atomic mass is 35.5. The average Bonchev–Trinajstić information content (AvgIpc) is 2.78. The van der Waals surface area contributed by atoms with Crippen LogP contribution < -0.4 is 4.90 Å². The molecule has 0 N–H and O–H groups in total.